The van der Waals surface area contributed by atoms with E-state index >= 15 is 0 Å². The van der Waals surface area contributed by atoms with Gasteiger partial charge in [0.25, 0.3) is 0 Å². The third-order valence-corrected chi connectivity index (χ3v) is 4.05. The molecule has 0 aliphatic heterocycles. The van der Waals surface area contributed by atoms with Crippen molar-refractivity contribution in [2.24, 2.45) is 4.99 Å². The zero-order valence-corrected chi connectivity index (χ0v) is 14.4. The predicted octanol–water partition coefficient (Wildman–Crippen LogP) is 3.65. The minimum Gasteiger partial charge on any atom is -0.459 e. The van der Waals surface area contributed by atoms with Crippen molar-refractivity contribution in [3.63, 3.8) is 0 Å². The van der Waals surface area contributed by atoms with Gasteiger partial charge in [-0.3, -0.25) is 4.99 Å². The summed E-state index contributed by atoms with van der Waals surface area (Å²) in [7, 11) is 1.74. The van der Waals surface area contributed by atoms with E-state index in [0.29, 0.717) is 24.2 Å². The number of guanidine groups is 1. The molecule has 0 saturated carbocycles. The summed E-state index contributed by atoms with van der Waals surface area (Å²) in [6.45, 7) is 3.25. The van der Waals surface area contributed by atoms with Crippen LogP contribution in [0.4, 0.5) is 0 Å². The Bertz CT molecular complexity index is 855. The number of benzene rings is 1. The van der Waals surface area contributed by atoms with E-state index in [1.807, 2.05) is 24.3 Å². The fraction of sp³-hybridized carbons (Fsp3) is 0.222. The number of furan rings is 1. The summed E-state index contributed by atoms with van der Waals surface area (Å²) in [4.78, 5) is 8.29. The van der Waals surface area contributed by atoms with Gasteiger partial charge < -0.3 is 15.1 Å². The quantitative estimate of drug-likeness (QED) is 0.431. The number of halogens is 1. The molecule has 2 heterocycles. The summed E-state index contributed by atoms with van der Waals surface area (Å²) in [6.07, 6.45) is 1.74. The lowest BCUT2D eigenvalue weighted by Gasteiger charge is -2.11. The van der Waals surface area contributed by atoms with Crippen molar-refractivity contribution in [1.82, 2.24) is 15.6 Å². The molecule has 3 aromatic rings. The summed E-state index contributed by atoms with van der Waals surface area (Å²) in [5.74, 6) is 1.61. The van der Waals surface area contributed by atoms with Crippen LogP contribution < -0.4 is 10.6 Å². The molecule has 3 rings (SSSR count). The number of hydrogen-bond acceptors (Lipinski definition) is 3. The number of pyridine rings is 1. The number of aryl methyl sites for hydroxylation is 1. The Kier molecular flexibility index (Phi) is 5.01. The lowest BCUT2D eigenvalue weighted by Crippen LogP contribution is -2.36. The van der Waals surface area contributed by atoms with Crippen molar-refractivity contribution in [2.75, 3.05) is 7.05 Å². The van der Waals surface area contributed by atoms with Gasteiger partial charge in [-0.25, -0.2) is 4.98 Å². The Hall–Kier alpha value is -2.53. The first-order valence-electron chi connectivity index (χ1n) is 7.69. The summed E-state index contributed by atoms with van der Waals surface area (Å²) < 4.78 is 5.90. The van der Waals surface area contributed by atoms with Gasteiger partial charge in [-0.1, -0.05) is 35.9 Å². The van der Waals surface area contributed by atoms with E-state index in [4.69, 9.17) is 16.0 Å². The van der Waals surface area contributed by atoms with Gasteiger partial charge in [0.2, 0.25) is 0 Å². The normalized spacial score (nSPS) is 11.7. The SMILES string of the molecule is CN=C(NCc1ccc(Cl)nc1)NCc1oc2ccccc2c1C. The Labute approximate surface area is 145 Å². The Morgan fingerprint density at radius 3 is 2.67 bits per heavy atom. The molecule has 0 fully saturated rings. The van der Waals surface area contributed by atoms with E-state index in [2.05, 4.69) is 33.6 Å². The number of hydrogen-bond donors (Lipinski definition) is 2. The number of fused-ring (bicyclic) bond motifs is 1. The maximum Gasteiger partial charge on any atom is 0.191 e. The molecule has 0 saturated heterocycles. The van der Waals surface area contributed by atoms with E-state index in [-0.39, 0.29) is 0 Å². The van der Waals surface area contributed by atoms with Crippen molar-refractivity contribution in [2.45, 2.75) is 20.0 Å². The molecule has 0 unspecified atom stereocenters. The van der Waals surface area contributed by atoms with E-state index in [1.54, 1.807) is 19.3 Å². The lowest BCUT2D eigenvalue weighted by atomic mass is 10.1. The largest absolute Gasteiger partial charge is 0.459 e. The van der Waals surface area contributed by atoms with Crippen LogP contribution in [-0.4, -0.2) is 18.0 Å². The molecule has 24 heavy (non-hydrogen) atoms. The van der Waals surface area contributed by atoms with E-state index in [1.165, 1.54) is 0 Å². The van der Waals surface area contributed by atoms with Gasteiger partial charge in [0.05, 0.1) is 6.54 Å². The summed E-state index contributed by atoms with van der Waals surface area (Å²) in [5.41, 5.74) is 3.08. The van der Waals surface area contributed by atoms with Crippen LogP contribution in [0.2, 0.25) is 5.15 Å². The maximum atomic E-state index is 5.90. The van der Waals surface area contributed by atoms with Gasteiger partial charge in [-0.2, -0.15) is 0 Å². The molecular formula is C18H19ClN4O. The van der Waals surface area contributed by atoms with Crippen molar-refractivity contribution in [3.05, 3.63) is 64.6 Å². The number of para-hydroxylation sites is 1. The van der Waals surface area contributed by atoms with Crippen molar-refractivity contribution in [3.8, 4) is 0 Å². The standard InChI is InChI=1S/C18H19ClN4O/c1-12-14-5-3-4-6-15(14)24-16(12)11-23-18(20-2)22-10-13-7-8-17(19)21-9-13/h3-9H,10-11H2,1-2H3,(H2,20,22,23). The van der Waals surface area contributed by atoms with Gasteiger partial charge >= 0.3 is 0 Å². The topological polar surface area (TPSA) is 62.5 Å². The molecule has 0 bridgehead atoms. The highest BCUT2D eigenvalue weighted by Crippen LogP contribution is 2.24. The summed E-state index contributed by atoms with van der Waals surface area (Å²) in [5, 5.41) is 8.14. The van der Waals surface area contributed by atoms with E-state index < -0.39 is 0 Å². The fourth-order valence-electron chi connectivity index (χ4n) is 2.48. The van der Waals surface area contributed by atoms with Crippen LogP contribution in [0, 0.1) is 6.92 Å². The molecule has 1 aromatic carbocycles. The van der Waals surface area contributed by atoms with Gasteiger partial charge in [-0.15, -0.1) is 0 Å². The second-order valence-corrected chi connectivity index (χ2v) is 5.80. The number of rotatable bonds is 4. The highest BCUT2D eigenvalue weighted by Gasteiger charge is 2.10. The highest BCUT2D eigenvalue weighted by atomic mass is 35.5. The van der Waals surface area contributed by atoms with E-state index in [9.17, 15) is 0 Å². The number of nitrogens with zero attached hydrogens (tertiary/aromatic N) is 2. The predicted molar refractivity (Wildman–Crippen MR) is 97.2 cm³/mol. The lowest BCUT2D eigenvalue weighted by molar-refractivity contribution is 0.534. The average Bonchev–Trinajstić information content (AvgIpc) is 2.93. The first-order valence-corrected chi connectivity index (χ1v) is 8.07. The fourth-order valence-corrected chi connectivity index (χ4v) is 2.59. The van der Waals surface area contributed by atoms with Crippen LogP contribution in [0.25, 0.3) is 11.0 Å². The van der Waals surface area contributed by atoms with Crippen molar-refractivity contribution in [1.29, 1.82) is 0 Å². The molecule has 0 radical (unpaired) electrons. The zero-order chi connectivity index (χ0) is 16.9. The van der Waals surface area contributed by atoms with Crippen molar-refractivity contribution >= 4 is 28.5 Å². The van der Waals surface area contributed by atoms with Crippen molar-refractivity contribution < 1.29 is 4.42 Å². The van der Waals surface area contributed by atoms with Gasteiger partial charge in [-0.05, 0) is 24.6 Å². The third-order valence-electron chi connectivity index (χ3n) is 3.83. The number of aliphatic imine (C=N–C) groups is 1. The van der Waals surface area contributed by atoms with Gasteiger partial charge in [0.15, 0.2) is 5.96 Å². The van der Waals surface area contributed by atoms with Gasteiger partial charge in [0.1, 0.15) is 16.5 Å². The molecule has 124 valence electrons. The van der Waals surface area contributed by atoms with Gasteiger partial charge in [0, 0.05) is 30.7 Å². The molecule has 0 aliphatic carbocycles. The molecule has 6 heteroatoms. The molecule has 5 nitrogen and oxygen atoms in total. The van der Waals surface area contributed by atoms with E-state index in [0.717, 1.165) is 27.9 Å². The molecule has 2 aromatic heterocycles. The zero-order valence-electron chi connectivity index (χ0n) is 13.6. The molecule has 0 spiro atoms. The number of nitrogens with one attached hydrogen (secondary N) is 2. The second kappa shape index (κ2) is 7.36. The minimum absolute atomic E-state index is 0.488. The average molecular weight is 343 g/mol. The second-order valence-electron chi connectivity index (χ2n) is 5.41. The molecule has 2 N–H and O–H groups in total. The van der Waals surface area contributed by atoms with Crippen LogP contribution in [0.15, 0.2) is 52.0 Å². The van der Waals surface area contributed by atoms with Crippen LogP contribution >= 0.6 is 11.6 Å². The third kappa shape index (κ3) is 3.68. The first-order chi connectivity index (χ1) is 11.7. The monoisotopic (exact) mass is 342 g/mol. The smallest absolute Gasteiger partial charge is 0.191 e. The Morgan fingerprint density at radius 2 is 1.96 bits per heavy atom. The minimum atomic E-state index is 0.488. The molecule has 0 aliphatic rings. The van der Waals surface area contributed by atoms with Crippen LogP contribution in [0.3, 0.4) is 0 Å². The summed E-state index contributed by atoms with van der Waals surface area (Å²) >= 11 is 5.79. The van der Waals surface area contributed by atoms with Crippen LogP contribution in [0.1, 0.15) is 16.9 Å². The Balaban J connectivity index is 1.61. The summed E-state index contributed by atoms with van der Waals surface area (Å²) in [6, 6.07) is 11.7. The molecule has 0 atom stereocenters. The first kappa shape index (κ1) is 16.3. The molecule has 0 amide bonds. The number of aromatic nitrogens is 1. The highest BCUT2D eigenvalue weighted by molar-refractivity contribution is 6.29. The van der Waals surface area contributed by atoms with Crippen LogP contribution in [0.5, 0.6) is 0 Å². The van der Waals surface area contributed by atoms with Crippen LogP contribution in [-0.2, 0) is 13.1 Å². The maximum absolute atomic E-state index is 5.90. The Morgan fingerprint density at radius 1 is 1.17 bits per heavy atom. The molecular weight excluding hydrogens is 324 g/mol.